The molecule has 3 N–H and O–H groups in total. The van der Waals surface area contributed by atoms with Crippen LogP contribution >= 0.6 is 0 Å². The lowest BCUT2D eigenvalue weighted by Crippen LogP contribution is -2.36. The highest BCUT2D eigenvalue weighted by molar-refractivity contribution is 6.05. The van der Waals surface area contributed by atoms with Gasteiger partial charge in [0.1, 0.15) is 17.7 Å². The third kappa shape index (κ3) is 6.34. The zero-order valence-electron chi connectivity index (χ0n) is 24.0. The van der Waals surface area contributed by atoms with E-state index in [0.29, 0.717) is 72.4 Å². The number of benzene rings is 2. The number of methoxy groups -OCH3 is 1. The molecule has 1 saturated heterocycles. The molecule has 0 spiro atoms. The lowest BCUT2D eigenvalue weighted by atomic mass is 10.1. The molecule has 220 valence electrons. The van der Waals surface area contributed by atoms with Crippen LogP contribution in [0.15, 0.2) is 48.9 Å². The van der Waals surface area contributed by atoms with Gasteiger partial charge in [0, 0.05) is 55.1 Å². The van der Waals surface area contributed by atoms with Crippen LogP contribution in [-0.2, 0) is 9.47 Å². The number of carbonyl (C=O) groups excluding carboxylic acids is 2. The Kier molecular flexibility index (Phi) is 8.64. The third-order valence-electron chi connectivity index (χ3n) is 7.14. The average Bonchev–Trinajstić information content (AvgIpc) is 3.32. The van der Waals surface area contributed by atoms with Gasteiger partial charge in [-0.15, -0.1) is 0 Å². The molecule has 12 heteroatoms. The smallest absolute Gasteiger partial charge is 0.255 e. The summed E-state index contributed by atoms with van der Waals surface area (Å²) < 4.78 is 26.6. The Labute approximate surface area is 243 Å². The normalized spacial score (nSPS) is 14.1. The summed E-state index contributed by atoms with van der Waals surface area (Å²) in [6.45, 7) is 8.40. The minimum absolute atomic E-state index is 0.160. The summed E-state index contributed by atoms with van der Waals surface area (Å²) in [5.74, 6) is -0.641. The lowest BCUT2D eigenvalue weighted by molar-refractivity contribution is 0.0904. The van der Waals surface area contributed by atoms with Gasteiger partial charge in [0.25, 0.3) is 11.8 Å². The first-order valence-corrected chi connectivity index (χ1v) is 13.7. The molecule has 1 aliphatic heterocycles. The lowest BCUT2D eigenvalue weighted by Gasteiger charge is -2.29. The van der Waals surface area contributed by atoms with Crippen molar-refractivity contribution >= 4 is 40.2 Å². The van der Waals surface area contributed by atoms with E-state index < -0.39 is 11.7 Å². The summed E-state index contributed by atoms with van der Waals surface area (Å²) in [7, 11) is 1.58. The van der Waals surface area contributed by atoms with Gasteiger partial charge in [-0.1, -0.05) is 6.07 Å². The topological polar surface area (TPSA) is 122 Å². The first kappa shape index (κ1) is 29.0. The third-order valence-corrected chi connectivity index (χ3v) is 7.14. The zero-order chi connectivity index (χ0) is 29.8. The summed E-state index contributed by atoms with van der Waals surface area (Å²) in [4.78, 5) is 32.5. The number of nitrogens with one attached hydrogen (secondary N) is 3. The van der Waals surface area contributed by atoms with Gasteiger partial charge in [-0.2, -0.15) is 5.10 Å². The molecule has 0 aliphatic carbocycles. The molecule has 0 unspecified atom stereocenters. The number of ether oxygens (including phenoxy) is 2. The number of hydrogen-bond acceptors (Lipinski definition) is 8. The van der Waals surface area contributed by atoms with Crippen molar-refractivity contribution in [2.24, 2.45) is 0 Å². The van der Waals surface area contributed by atoms with E-state index in [1.54, 1.807) is 36.0 Å². The highest BCUT2D eigenvalue weighted by Crippen LogP contribution is 2.29. The monoisotopic (exact) mass is 575 g/mol. The molecule has 1 aliphatic rings. The number of halogens is 1. The molecule has 4 aromatic rings. The van der Waals surface area contributed by atoms with Crippen LogP contribution in [0.4, 0.5) is 27.3 Å². The Hall–Kier alpha value is -4.55. The van der Waals surface area contributed by atoms with Gasteiger partial charge in [-0.3, -0.25) is 9.59 Å². The fourth-order valence-corrected chi connectivity index (χ4v) is 4.95. The van der Waals surface area contributed by atoms with Crippen LogP contribution in [0.3, 0.4) is 0 Å². The first-order chi connectivity index (χ1) is 20.2. The second-order valence-corrected chi connectivity index (χ2v) is 10.3. The Morgan fingerprint density at radius 2 is 1.90 bits per heavy atom. The van der Waals surface area contributed by atoms with Gasteiger partial charge in [0.05, 0.1) is 25.4 Å². The number of fused-ring (bicyclic) bond motifs is 1. The van der Waals surface area contributed by atoms with E-state index in [-0.39, 0.29) is 17.5 Å². The van der Waals surface area contributed by atoms with E-state index in [1.165, 1.54) is 18.5 Å². The molecule has 3 heterocycles. The van der Waals surface area contributed by atoms with Crippen LogP contribution in [-0.4, -0.2) is 72.5 Å². The molecule has 0 bridgehead atoms. The highest BCUT2D eigenvalue weighted by atomic mass is 19.1. The number of anilines is 4. The summed E-state index contributed by atoms with van der Waals surface area (Å²) in [6, 6.07) is 9.61. The summed E-state index contributed by atoms with van der Waals surface area (Å²) in [5.41, 5.74) is 4.82. The van der Waals surface area contributed by atoms with E-state index in [9.17, 15) is 14.0 Å². The predicted octanol–water partition coefficient (Wildman–Crippen LogP) is 4.08. The molecule has 2 aromatic heterocycles. The Morgan fingerprint density at radius 1 is 1.12 bits per heavy atom. The fourth-order valence-electron chi connectivity index (χ4n) is 4.95. The van der Waals surface area contributed by atoms with Crippen LogP contribution in [0.2, 0.25) is 0 Å². The number of carbonyl (C=O) groups is 2. The second kappa shape index (κ2) is 12.5. The maximum absolute atomic E-state index is 14.5. The molecule has 42 heavy (non-hydrogen) atoms. The maximum atomic E-state index is 14.5. The van der Waals surface area contributed by atoms with E-state index >= 15 is 0 Å². The van der Waals surface area contributed by atoms with Crippen molar-refractivity contribution in [1.82, 2.24) is 19.9 Å². The second-order valence-electron chi connectivity index (χ2n) is 10.3. The number of rotatable bonds is 9. The van der Waals surface area contributed by atoms with Gasteiger partial charge in [-0.05, 0) is 62.2 Å². The summed E-state index contributed by atoms with van der Waals surface area (Å²) in [5, 5.41) is 13.4. The molecule has 2 aromatic carbocycles. The van der Waals surface area contributed by atoms with E-state index in [4.69, 9.17) is 9.47 Å². The average molecular weight is 576 g/mol. The van der Waals surface area contributed by atoms with Crippen LogP contribution in [0.25, 0.3) is 5.52 Å². The molecule has 5 rings (SSSR count). The van der Waals surface area contributed by atoms with Crippen LogP contribution in [0, 0.1) is 19.7 Å². The number of aryl methyl sites for hydroxylation is 2. The van der Waals surface area contributed by atoms with Gasteiger partial charge in [0.2, 0.25) is 0 Å². The first-order valence-electron chi connectivity index (χ1n) is 13.7. The standard InChI is InChI=1S/C30H34FN7O4/c1-18-5-6-23(35-29(39)21-11-22(31)13-24(12-21)37-7-9-42-10-8-37)14-26(18)36-28-27-20(3)25(15-38(27)33-17-32-28)30(40)34-19(2)16-41-4/h5-6,11-15,17,19H,7-10,16H2,1-4H3,(H,34,40)(H,35,39)(H,32,33,36)/t19-/m0/s1. The Bertz CT molecular complexity index is 1620. The largest absolute Gasteiger partial charge is 0.383 e. The van der Waals surface area contributed by atoms with Crippen LogP contribution in [0.1, 0.15) is 38.8 Å². The van der Waals surface area contributed by atoms with Crippen molar-refractivity contribution < 1.29 is 23.5 Å². The number of aromatic nitrogens is 3. The van der Waals surface area contributed by atoms with Crippen molar-refractivity contribution in [2.75, 3.05) is 55.6 Å². The van der Waals surface area contributed by atoms with E-state index in [0.717, 1.165) is 5.56 Å². The number of nitrogens with zero attached hydrogens (tertiary/aromatic N) is 4. The van der Waals surface area contributed by atoms with Crippen molar-refractivity contribution in [3.8, 4) is 0 Å². The van der Waals surface area contributed by atoms with Gasteiger partial charge < -0.3 is 30.3 Å². The van der Waals surface area contributed by atoms with Gasteiger partial charge in [0.15, 0.2) is 5.82 Å². The number of morpholine rings is 1. The zero-order valence-corrected chi connectivity index (χ0v) is 24.0. The van der Waals surface area contributed by atoms with E-state index in [1.807, 2.05) is 31.7 Å². The van der Waals surface area contributed by atoms with Crippen LogP contribution in [0.5, 0.6) is 0 Å². The van der Waals surface area contributed by atoms with Gasteiger partial charge >= 0.3 is 0 Å². The molecule has 1 atom stereocenters. The van der Waals surface area contributed by atoms with Crippen molar-refractivity contribution in [3.05, 3.63) is 77.0 Å². The molecule has 1 fully saturated rings. The van der Waals surface area contributed by atoms with Gasteiger partial charge in [-0.25, -0.2) is 13.9 Å². The Balaban J connectivity index is 1.37. The minimum atomic E-state index is -0.480. The fraction of sp³-hybridized carbons (Fsp3) is 0.333. The predicted molar refractivity (Wildman–Crippen MR) is 158 cm³/mol. The minimum Gasteiger partial charge on any atom is -0.383 e. The highest BCUT2D eigenvalue weighted by Gasteiger charge is 2.20. The molecular weight excluding hydrogens is 541 g/mol. The van der Waals surface area contributed by atoms with Crippen molar-refractivity contribution in [2.45, 2.75) is 26.8 Å². The molecule has 0 saturated carbocycles. The quantitative estimate of drug-likeness (QED) is 0.273. The number of amides is 2. The van der Waals surface area contributed by atoms with Crippen molar-refractivity contribution in [3.63, 3.8) is 0 Å². The maximum Gasteiger partial charge on any atom is 0.255 e. The summed E-state index contributed by atoms with van der Waals surface area (Å²) in [6.07, 6.45) is 3.07. The number of hydrogen-bond donors (Lipinski definition) is 3. The molecular formula is C30H34FN7O4. The van der Waals surface area contributed by atoms with Crippen molar-refractivity contribution in [1.29, 1.82) is 0 Å². The van der Waals surface area contributed by atoms with E-state index in [2.05, 4.69) is 26.0 Å². The summed E-state index contributed by atoms with van der Waals surface area (Å²) >= 11 is 0. The molecule has 2 amide bonds. The van der Waals surface area contributed by atoms with Crippen LogP contribution < -0.4 is 20.9 Å². The Morgan fingerprint density at radius 3 is 2.67 bits per heavy atom. The molecule has 11 nitrogen and oxygen atoms in total. The SMILES string of the molecule is COC[C@H](C)NC(=O)c1cn2ncnc(Nc3cc(NC(=O)c4cc(F)cc(N5CCOCC5)c4)ccc3C)c2c1C. The molecule has 0 radical (unpaired) electrons.